The van der Waals surface area contributed by atoms with Crippen LogP contribution in [0.4, 0.5) is 5.69 Å². The van der Waals surface area contributed by atoms with Gasteiger partial charge in [0, 0.05) is 11.6 Å². The molecule has 1 heterocycles. The minimum atomic E-state index is -0.264. The van der Waals surface area contributed by atoms with Crippen molar-refractivity contribution in [3.63, 3.8) is 0 Å². The van der Waals surface area contributed by atoms with Crippen LogP contribution >= 0.6 is 46.6 Å². The number of halogens is 3. The molecule has 0 saturated carbocycles. The summed E-state index contributed by atoms with van der Waals surface area (Å²) in [4.78, 5) is 12.1. The second kappa shape index (κ2) is 8.19. The summed E-state index contributed by atoms with van der Waals surface area (Å²) in [7, 11) is 0. The summed E-state index contributed by atoms with van der Waals surface area (Å²) in [5, 5.41) is 15.7. The topological polar surface area (TPSA) is 72.7 Å². The summed E-state index contributed by atoms with van der Waals surface area (Å²) in [6.45, 7) is 4.81. The molecule has 1 aromatic heterocycles. The van der Waals surface area contributed by atoms with E-state index in [1.165, 1.54) is 23.9 Å². The first-order chi connectivity index (χ1) is 10.9. The van der Waals surface area contributed by atoms with Crippen LogP contribution in [0.15, 0.2) is 17.3 Å². The van der Waals surface area contributed by atoms with Crippen molar-refractivity contribution in [2.75, 3.05) is 11.1 Å². The average molecular weight is 395 g/mol. The summed E-state index contributed by atoms with van der Waals surface area (Å²) in [6.07, 6.45) is 0. The van der Waals surface area contributed by atoms with E-state index in [1.807, 2.05) is 0 Å². The molecule has 0 aliphatic carbocycles. The molecule has 0 spiro atoms. The lowest BCUT2D eigenvalue weighted by Gasteiger charge is -2.10. The van der Waals surface area contributed by atoms with Gasteiger partial charge in [-0.2, -0.15) is 0 Å². The highest BCUT2D eigenvalue weighted by molar-refractivity contribution is 7.99. The predicted molar refractivity (Wildman–Crippen MR) is 93.5 cm³/mol. The Morgan fingerprint density at radius 3 is 2.57 bits per heavy atom. The molecule has 0 atom stereocenters. The minimum absolute atomic E-state index is 0.133. The van der Waals surface area contributed by atoms with Gasteiger partial charge in [0.25, 0.3) is 0 Å². The summed E-state index contributed by atoms with van der Waals surface area (Å²) < 4.78 is 1.67. The summed E-state index contributed by atoms with van der Waals surface area (Å²) in [5.41, 5.74) is 0.338. The van der Waals surface area contributed by atoms with Crippen LogP contribution in [0.1, 0.15) is 13.8 Å². The van der Waals surface area contributed by atoms with Gasteiger partial charge in [0.15, 0.2) is 0 Å². The molecule has 0 unspecified atom stereocenters. The largest absolute Gasteiger partial charge is 0.323 e. The number of tetrazole rings is 1. The maximum absolute atomic E-state index is 12.1. The number of rotatable bonds is 6. The fourth-order valence-electron chi connectivity index (χ4n) is 1.73. The van der Waals surface area contributed by atoms with E-state index >= 15 is 0 Å². The van der Waals surface area contributed by atoms with Gasteiger partial charge < -0.3 is 5.32 Å². The third-order valence-electron chi connectivity index (χ3n) is 2.64. The van der Waals surface area contributed by atoms with Crippen molar-refractivity contribution < 1.29 is 4.79 Å². The van der Waals surface area contributed by atoms with Gasteiger partial charge >= 0.3 is 0 Å². The molecule has 0 aliphatic heterocycles. The molecule has 0 aliphatic rings. The maximum Gasteiger partial charge on any atom is 0.234 e. The highest BCUT2D eigenvalue weighted by atomic mass is 35.5. The molecule has 2 aromatic rings. The first kappa shape index (κ1) is 18.3. The second-order valence-electron chi connectivity index (χ2n) is 5.12. The lowest BCUT2D eigenvalue weighted by molar-refractivity contribution is -0.113. The summed E-state index contributed by atoms with van der Waals surface area (Å²) in [5.74, 6) is 0.270. The number of benzene rings is 1. The van der Waals surface area contributed by atoms with E-state index in [4.69, 9.17) is 34.8 Å². The molecule has 1 N–H and O–H groups in total. The highest BCUT2D eigenvalue weighted by Crippen LogP contribution is 2.33. The Kier molecular flexibility index (Phi) is 6.52. The zero-order valence-electron chi connectivity index (χ0n) is 12.4. The number of carbonyl (C=O) groups is 1. The zero-order valence-corrected chi connectivity index (χ0v) is 15.5. The molecule has 0 fully saturated rings. The Bertz CT molecular complexity index is 684. The van der Waals surface area contributed by atoms with Gasteiger partial charge in [0.1, 0.15) is 0 Å². The fourth-order valence-corrected chi connectivity index (χ4v) is 3.33. The number of thioether (sulfide) groups is 1. The van der Waals surface area contributed by atoms with E-state index in [1.54, 1.807) is 4.68 Å². The van der Waals surface area contributed by atoms with Crippen LogP contribution in [0.25, 0.3) is 0 Å². The summed E-state index contributed by atoms with van der Waals surface area (Å²) >= 11 is 19.1. The number of amides is 1. The normalized spacial score (nSPS) is 11.0. The molecule has 1 aromatic carbocycles. The van der Waals surface area contributed by atoms with Crippen LogP contribution in [0.5, 0.6) is 0 Å². The molecule has 0 radical (unpaired) electrons. The number of hydrogen-bond donors (Lipinski definition) is 1. The number of aromatic nitrogens is 4. The van der Waals surface area contributed by atoms with Crippen molar-refractivity contribution in [3.05, 3.63) is 27.2 Å². The van der Waals surface area contributed by atoms with Crippen LogP contribution in [0, 0.1) is 5.92 Å². The number of anilines is 1. The van der Waals surface area contributed by atoms with Gasteiger partial charge in [0.2, 0.25) is 11.1 Å². The van der Waals surface area contributed by atoms with Crippen molar-refractivity contribution in [1.29, 1.82) is 0 Å². The van der Waals surface area contributed by atoms with Crippen LogP contribution in [0.2, 0.25) is 15.1 Å². The van der Waals surface area contributed by atoms with Gasteiger partial charge in [-0.15, -0.1) is 5.10 Å². The van der Waals surface area contributed by atoms with E-state index in [0.717, 1.165) is 0 Å². The molecule has 124 valence electrons. The molecule has 10 heteroatoms. The van der Waals surface area contributed by atoms with Crippen molar-refractivity contribution in [2.24, 2.45) is 5.92 Å². The Hall–Kier alpha value is -1.02. The predicted octanol–water partition coefficient (Wildman–Crippen LogP) is 4.02. The number of hydrogen-bond acceptors (Lipinski definition) is 5. The monoisotopic (exact) mass is 393 g/mol. The van der Waals surface area contributed by atoms with Gasteiger partial charge in [-0.1, -0.05) is 60.4 Å². The Labute approximate surface area is 152 Å². The number of carbonyl (C=O) groups excluding carboxylic acids is 1. The second-order valence-corrected chi connectivity index (χ2v) is 7.31. The lowest BCUT2D eigenvalue weighted by Crippen LogP contribution is -2.16. The van der Waals surface area contributed by atoms with E-state index in [9.17, 15) is 4.79 Å². The van der Waals surface area contributed by atoms with E-state index in [-0.39, 0.29) is 21.7 Å². The Balaban J connectivity index is 1.97. The van der Waals surface area contributed by atoms with Crippen molar-refractivity contribution in [3.8, 4) is 0 Å². The maximum atomic E-state index is 12.1. The van der Waals surface area contributed by atoms with Crippen LogP contribution in [0.3, 0.4) is 0 Å². The van der Waals surface area contributed by atoms with Gasteiger partial charge in [-0.25, -0.2) is 4.68 Å². The van der Waals surface area contributed by atoms with Crippen LogP contribution in [-0.2, 0) is 11.3 Å². The average Bonchev–Trinajstić information content (AvgIpc) is 2.87. The van der Waals surface area contributed by atoms with Crippen molar-refractivity contribution in [1.82, 2.24) is 20.2 Å². The molecular formula is C13H14Cl3N5OS. The smallest absolute Gasteiger partial charge is 0.234 e. The Morgan fingerprint density at radius 1 is 1.30 bits per heavy atom. The third-order valence-corrected chi connectivity index (χ3v) is 4.41. The van der Waals surface area contributed by atoms with E-state index in [0.29, 0.717) is 28.3 Å². The molecule has 23 heavy (non-hydrogen) atoms. The van der Waals surface area contributed by atoms with Crippen molar-refractivity contribution in [2.45, 2.75) is 25.5 Å². The Morgan fingerprint density at radius 2 is 1.96 bits per heavy atom. The fraction of sp³-hybridized carbons (Fsp3) is 0.385. The van der Waals surface area contributed by atoms with Crippen LogP contribution < -0.4 is 5.32 Å². The van der Waals surface area contributed by atoms with Gasteiger partial charge in [-0.05, 0) is 28.5 Å². The van der Waals surface area contributed by atoms with Gasteiger partial charge in [0.05, 0.1) is 21.5 Å². The molecule has 0 bridgehead atoms. The number of nitrogens with one attached hydrogen (secondary N) is 1. The van der Waals surface area contributed by atoms with E-state index in [2.05, 4.69) is 34.7 Å². The molecule has 6 nitrogen and oxygen atoms in total. The first-order valence-corrected chi connectivity index (χ1v) is 8.82. The van der Waals surface area contributed by atoms with Gasteiger partial charge in [-0.3, -0.25) is 4.79 Å². The molecular weight excluding hydrogens is 381 g/mol. The standard InChI is InChI=1S/C13H14Cl3N5OS/c1-7(2)5-21-13(18-19-20-21)23-6-11(22)17-12-9(15)3-8(14)4-10(12)16/h3-4,7H,5-6H2,1-2H3,(H,17,22). The lowest BCUT2D eigenvalue weighted by atomic mass is 10.2. The molecule has 2 rings (SSSR count). The summed E-state index contributed by atoms with van der Waals surface area (Å²) in [6, 6.07) is 3.03. The third kappa shape index (κ3) is 5.24. The SMILES string of the molecule is CC(C)Cn1nnnc1SCC(=O)Nc1c(Cl)cc(Cl)cc1Cl. The van der Waals surface area contributed by atoms with E-state index < -0.39 is 0 Å². The minimum Gasteiger partial charge on any atom is -0.323 e. The highest BCUT2D eigenvalue weighted by Gasteiger charge is 2.14. The molecule has 0 saturated heterocycles. The first-order valence-electron chi connectivity index (χ1n) is 6.70. The van der Waals surface area contributed by atoms with Crippen molar-refractivity contribution >= 4 is 58.2 Å². The number of nitrogens with zero attached hydrogens (tertiary/aromatic N) is 4. The van der Waals surface area contributed by atoms with Crippen LogP contribution in [-0.4, -0.2) is 31.9 Å². The quantitative estimate of drug-likeness (QED) is 0.749. The molecule has 1 amide bonds. The zero-order chi connectivity index (χ0) is 17.0.